The Morgan fingerprint density at radius 3 is 2.36 bits per heavy atom. The fourth-order valence-corrected chi connectivity index (χ4v) is 6.70. The number of phosphoric acid groups is 1. The molecule has 3 rings (SSSR count). The number of hydrogen-bond donors (Lipinski definition) is 3. The summed E-state index contributed by atoms with van der Waals surface area (Å²) in [7, 11) is -0.461. The number of nitrogens with zero attached hydrogens (tertiary/aromatic N) is 5. The van der Waals surface area contributed by atoms with Gasteiger partial charge in [-0.15, -0.1) is 11.8 Å². The lowest BCUT2D eigenvalue weighted by atomic mass is 10.1. The molecule has 0 aromatic carbocycles. The van der Waals surface area contributed by atoms with Crippen LogP contribution in [0.25, 0.3) is 11.2 Å². The zero-order valence-corrected chi connectivity index (χ0v) is 23.4. The Kier molecular flexibility index (Phi) is 8.41. The number of aromatic nitrogens is 4. The molecule has 3 heterocycles. The Morgan fingerprint density at radius 2 is 1.81 bits per heavy atom. The lowest BCUT2D eigenvalue weighted by molar-refractivity contribution is -0.0107. The van der Waals surface area contributed by atoms with E-state index in [1.807, 2.05) is 0 Å². The number of aromatic amines is 1. The number of H-pyrrole nitrogens is 1. The molecule has 13 nitrogen and oxygen atoms in total. The predicted octanol–water partition coefficient (Wildman–Crippen LogP) is 2.43. The van der Waals surface area contributed by atoms with Crippen LogP contribution in [0.2, 0.25) is 0 Å². The van der Waals surface area contributed by atoms with Crippen LogP contribution in [0.1, 0.15) is 46.9 Å². The summed E-state index contributed by atoms with van der Waals surface area (Å²) in [5, 5.41) is 20.1. The van der Waals surface area contributed by atoms with Gasteiger partial charge in [-0.2, -0.15) is 4.98 Å². The van der Waals surface area contributed by atoms with E-state index in [1.54, 1.807) is 60.5 Å². The highest BCUT2D eigenvalue weighted by Crippen LogP contribution is 2.56. The lowest BCUT2D eigenvalue weighted by Crippen LogP contribution is -2.34. The molecule has 0 unspecified atom stereocenters. The van der Waals surface area contributed by atoms with Crippen LogP contribution in [0.5, 0.6) is 0 Å². The maximum atomic E-state index is 13.4. The first kappa shape index (κ1) is 28.8. The lowest BCUT2D eigenvalue weighted by Gasteiger charge is -2.31. The zero-order valence-electron chi connectivity index (χ0n) is 21.7. The molecule has 0 bridgehead atoms. The van der Waals surface area contributed by atoms with Crippen molar-refractivity contribution in [2.75, 3.05) is 20.7 Å². The fourth-order valence-electron chi connectivity index (χ4n) is 3.34. The van der Waals surface area contributed by atoms with Gasteiger partial charge in [0.15, 0.2) is 11.2 Å². The Hall–Kier alpha value is -1.80. The summed E-state index contributed by atoms with van der Waals surface area (Å²) in [4.78, 5) is 29.3. The third-order valence-electron chi connectivity index (χ3n) is 4.61. The van der Waals surface area contributed by atoms with Crippen LogP contribution in [0.4, 0.5) is 5.95 Å². The molecule has 1 aliphatic rings. The van der Waals surface area contributed by atoms with E-state index >= 15 is 0 Å². The predicted molar refractivity (Wildman–Crippen MR) is 138 cm³/mol. The van der Waals surface area contributed by atoms with E-state index < -0.39 is 47.4 Å². The van der Waals surface area contributed by atoms with Gasteiger partial charge in [0.25, 0.3) is 5.56 Å². The Labute approximate surface area is 213 Å². The molecule has 202 valence electrons. The van der Waals surface area contributed by atoms with E-state index in [1.165, 1.54) is 29.0 Å². The molecule has 0 spiro atoms. The van der Waals surface area contributed by atoms with Crippen molar-refractivity contribution in [3.8, 4) is 0 Å². The Morgan fingerprint density at radius 1 is 1.19 bits per heavy atom. The molecule has 0 radical (unpaired) electrons. The van der Waals surface area contributed by atoms with E-state index in [4.69, 9.17) is 13.6 Å². The Balaban J connectivity index is 1.84. The SMILES string of the molecule is CN(C)/C=N/c1nc2c(ncn2[C@@H]2S[C@H](COP(=O)(OC(C)(C)C)OC(C)(C)C)[C@@H](O)[C@H]2O)c(=O)[nH]1. The zero-order chi connectivity index (χ0) is 27.1. The van der Waals surface area contributed by atoms with Gasteiger partial charge in [-0.3, -0.25) is 27.9 Å². The summed E-state index contributed by atoms with van der Waals surface area (Å²) in [5.74, 6) is 0.0699. The van der Waals surface area contributed by atoms with Gasteiger partial charge in [-0.25, -0.2) is 14.5 Å². The minimum atomic E-state index is -4.01. The third-order valence-corrected chi connectivity index (χ3v) is 8.17. The molecule has 1 fully saturated rings. The first-order valence-electron chi connectivity index (χ1n) is 11.3. The number of aliphatic imine (C=N–C) groups is 1. The molecule has 15 heteroatoms. The van der Waals surface area contributed by atoms with Crippen LogP contribution >= 0.6 is 19.6 Å². The van der Waals surface area contributed by atoms with Gasteiger partial charge in [-0.05, 0) is 41.5 Å². The van der Waals surface area contributed by atoms with Crippen molar-refractivity contribution < 1.29 is 28.3 Å². The van der Waals surface area contributed by atoms with Crippen molar-refractivity contribution in [3.63, 3.8) is 0 Å². The molecule has 1 saturated heterocycles. The van der Waals surface area contributed by atoms with E-state index in [0.717, 1.165) is 0 Å². The largest absolute Gasteiger partial charge is 0.475 e. The van der Waals surface area contributed by atoms with Crippen LogP contribution in [-0.2, 0) is 18.1 Å². The average Bonchev–Trinajstić information content (AvgIpc) is 3.24. The number of aliphatic hydroxyl groups is 2. The molecule has 36 heavy (non-hydrogen) atoms. The van der Waals surface area contributed by atoms with Gasteiger partial charge < -0.3 is 15.1 Å². The van der Waals surface area contributed by atoms with Crippen LogP contribution < -0.4 is 5.56 Å². The Bertz CT molecular complexity index is 1180. The van der Waals surface area contributed by atoms with Gasteiger partial charge in [0.05, 0.1) is 41.8 Å². The summed E-state index contributed by atoms with van der Waals surface area (Å²) in [6, 6.07) is 0. The van der Waals surface area contributed by atoms with Gasteiger partial charge >= 0.3 is 7.82 Å². The summed E-state index contributed by atoms with van der Waals surface area (Å²) in [6.07, 6.45) is 0.378. The second-order valence-corrected chi connectivity index (χ2v) is 13.5. The molecule has 3 N–H and O–H groups in total. The standard InChI is InChI=1S/C21H35N6O7PS/c1-20(2,3)33-35(31,34-21(4,5)6)32-9-12-14(28)15(29)18(36-12)27-11-22-13-16(27)24-19(25-17(13)30)23-10-26(7)8/h10-12,14-15,18,28-29H,9H2,1-8H3,(H,24,25,30)/b23-10+/t12-,14-,15-,18-/m1/s1. The first-order valence-corrected chi connectivity index (χ1v) is 13.7. The van der Waals surface area contributed by atoms with Gasteiger partial charge in [0.2, 0.25) is 5.95 Å². The summed E-state index contributed by atoms with van der Waals surface area (Å²) >= 11 is 1.17. The third kappa shape index (κ3) is 7.15. The van der Waals surface area contributed by atoms with Crippen molar-refractivity contribution in [1.29, 1.82) is 0 Å². The number of imidazole rings is 1. The maximum Gasteiger partial charge on any atom is 0.475 e. The number of hydrogen-bond acceptors (Lipinski definition) is 11. The van der Waals surface area contributed by atoms with Gasteiger partial charge in [0, 0.05) is 14.1 Å². The minimum absolute atomic E-state index is 0.0699. The van der Waals surface area contributed by atoms with Crippen LogP contribution in [0.3, 0.4) is 0 Å². The monoisotopic (exact) mass is 546 g/mol. The smallest absolute Gasteiger partial charge is 0.389 e. The maximum absolute atomic E-state index is 13.4. The first-order chi connectivity index (χ1) is 16.5. The number of phosphoric ester groups is 1. The van der Waals surface area contributed by atoms with Crippen LogP contribution in [0.15, 0.2) is 16.1 Å². The van der Waals surface area contributed by atoms with Crippen LogP contribution in [0, 0.1) is 0 Å². The van der Waals surface area contributed by atoms with E-state index in [0.29, 0.717) is 0 Å². The molecule has 2 aromatic heterocycles. The molecule has 1 aliphatic heterocycles. The fraction of sp³-hybridized carbons (Fsp3) is 0.714. The quantitative estimate of drug-likeness (QED) is 0.253. The normalized spacial score (nSPS) is 23.7. The van der Waals surface area contributed by atoms with Gasteiger partial charge in [0.1, 0.15) is 11.5 Å². The van der Waals surface area contributed by atoms with Gasteiger partial charge in [-0.1, -0.05) is 0 Å². The average molecular weight is 547 g/mol. The van der Waals surface area contributed by atoms with Crippen molar-refractivity contribution in [1.82, 2.24) is 24.4 Å². The second-order valence-electron chi connectivity index (χ2n) is 10.6. The van der Waals surface area contributed by atoms with Crippen LogP contribution in [-0.4, -0.2) is 90.3 Å². The van der Waals surface area contributed by atoms with E-state index in [2.05, 4.69) is 19.9 Å². The molecule has 2 aromatic rings. The molecule has 0 saturated carbocycles. The summed E-state index contributed by atoms with van der Waals surface area (Å²) in [5.41, 5.74) is -1.84. The summed E-state index contributed by atoms with van der Waals surface area (Å²) in [6.45, 7) is 10.1. The van der Waals surface area contributed by atoms with Crippen molar-refractivity contribution >= 4 is 43.0 Å². The molecule has 4 atom stereocenters. The molecular formula is C21H35N6O7PS. The molecule has 0 amide bonds. The van der Waals surface area contributed by atoms with Crippen molar-refractivity contribution in [2.24, 2.45) is 4.99 Å². The van der Waals surface area contributed by atoms with E-state index in [9.17, 15) is 19.6 Å². The number of thioether (sulfide) groups is 1. The number of rotatable bonds is 8. The minimum Gasteiger partial charge on any atom is -0.389 e. The highest BCUT2D eigenvalue weighted by atomic mass is 32.2. The molecule has 0 aliphatic carbocycles. The number of fused-ring (bicyclic) bond motifs is 1. The van der Waals surface area contributed by atoms with Crippen molar-refractivity contribution in [3.05, 3.63) is 16.7 Å². The highest BCUT2D eigenvalue weighted by Gasteiger charge is 2.46. The number of aliphatic hydroxyl groups excluding tert-OH is 2. The van der Waals surface area contributed by atoms with Crippen molar-refractivity contribution in [2.45, 2.75) is 75.6 Å². The van der Waals surface area contributed by atoms with E-state index in [-0.39, 0.29) is 23.7 Å². The summed E-state index contributed by atoms with van der Waals surface area (Å²) < 4.78 is 31.7. The highest BCUT2D eigenvalue weighted by molar-refractivity contribution is 8.00. The molecular weight excluding hydrogens is 511 g/mol. The topological polar surface area (TPSA) is 164 Å². The number of nitrogens with one attached hydrogen (secondary N) is 1. The second kappa shape index (κ2) is 10.5.